The minimum atomic E-state index is -1.60. The summed E-state index contributed by atoms with van der Waals surface area (Å²) in [4.78, 5) is 23.3. The van der Waals surface area contributed by atoms with Gasteiger partial charge >= 0.3 is 6.03 Å². The van der Waals surface area contributed by atoms with Crippen LogP contribution in [-0.4, -0.2) is 11.9 Å². The van der Waals surface area contributed by atoms with Crippen molar-refractivity contribution in [3.63, 3.8) is 0 Å². The third-order valence-electron chi connectivity index (χ3n) is 3.29. The SMILES string of the molecule is NC(=O)NC(=O)C1(c2cc(Cl)c(F)c(Cl)c2F)C=CC=CC1. The van der Waals surface area contributed by atoms with Gasteiger partial charge in [0, 0.05) is 5.56 Å². The Morgan fingerprint density at radius 1 is 1.23 bits per heavy atom. The Hall–Kier alpha value is -1.92. The van der Waals surface area contributed by atoms with Crippen molar-refractivity contribution in [2.24, 2.45) is 5.73 Å². The zero-order valence-corrected chi connectivity index (χ0v) is 12.5. The molecule has 3 amide bonds. The van der Waals surface area contributed by atoms with Gasteiger partial charge in [0.15, 0.2) is 5.82 Å². The van der Waals surface area contributed by atoms with Crippen LogP contribution >= 0.6 is 23.2 Å². The molecule has 1 aliphatic rings. The van der Waals surface area contributed by atoms with E-state index >= 15 is 0 Å². The van der Waals surface area contributed by atoms with Gasteiger partial charge in [0.1, 0.15) is 10.8 Å². The summed E-state index contributed by atoms with van der Waals surface area (Å²) < 4.78 is 27.9. The zero-order valence-electron chi connectivity index (χ0n) is 11.0. The van der Waals surface area contributed by atoms with E-state index in [2.05, 4.69) is 0 Å². The van der Waals surface area contributed by atoms with Crippen LogP contribution in [0.4, 0.5) is 13.6 Å². The van der Waals surface area contributed by atoms with Crippen LogP contribution in [0.25, 0.3) is 0 Å². The van der Waals surface area contributed by atoms with Crippen LogP contribution in [-0.2, 0) is 10.2 Å². The average molecular weight is 347 g/mol. The van der Waals surface area contributed by atoms with E-state index < -0.39 is 39.0 Å². The molecule has 0 radical (unpaired) electrons. The summed E-state index contributed by atoms with van der Waals surface area (Å²) in [7, 11) is 0. The lowest BCUT2D eigenvalue weighted by atomic mass is 9.74. The Morgan fingerprint density at radius 2 is 1.91 bits per heavy atom. The van der Waals surface area contributed by atoms with Crippen molar-refractivity contribution >= 4 is 35.1 Å². The van der Waals surface area contributed by atoms with Gasteiger partial charge in [-0.25, -0.2) is 13.6 Å². The van der Waals surface area contributed by atoms with Gasteiger partial charge in [0.05, 0.1) is 10.4 Å². The third-order valence-corrected chi connectivity index (χ3v) is 3.90. The second kappa shape index (κ2) is 6.06. The van der Waals surface area contributed by atoms with Crippen LogP contribution in [0.2, 0.25) is 10.0 Å². The highest BCUT2D eigenvalue weighted by atomic mass is 35.5. The van der Waals surface area contributed by atoms with E-state index in [1.807, 2.05) is 5.32 Å². The Labute approximate surface area is 134 Å². The van der Waals surface area contributed by atoms with E-state index in [-0.39, 0.29) is 12.0 Å². The molecule has 0 saturated heterocycles. The lowest BCUT2D eigenvalue weighted by Gasteiger charge is -2.30. The molecule has 4 nitrogen and oxygen atoms in total. The molecule has 0 bridgehead atoms. The fourth-order valence-corrected chi connectivity index (χ4v) is 2.69. The molecule has 1 aromatic carbocycles. The largest absolute Gasteiger partial charge is 0.351 e. The molecule has 116 valence electrons. The fourth-order valence-electron chi connectivity index (χ4n) is 2.23. The zero-order chi connectivity index (χ0) is 16.5. The van der Waals surface area contributed by atoms with E-state index in [1.165, 1.54) is 12.2 Å². The molecular weight excluding hydrogens is 337 g/mol. The maximum absolute atomic E-state index is 14.4. The number of imide groups is 1. The monoisotopic (exact) mass is 346 g/mol. The van der Waals surface area contributed by atoms with Crippen LogP contribution in [0.1, 0.15) is 12.0 Å². The van der Waals surface area contributed by atoms with Crippen LogP contribution in [0.15, 0.2) is 30.4 Å². The summed E-state index contributed by atoms with van der Waals surface area (Å²) in [6.07, 6.45) is 6.12. The van der Waals surface area contributed by atoms with Crippen molar-refractivity contribution in [3.8, 4) is 0 Å². The number of benzene rings is 1. The highest BCUT2D eigenvalue weighted by Gasteiger charge is 2.41. The maximum Gasteiger partial charge on any atom is 0.318 e. The Morgan fingerprint density at radius 3 is 2.45 bits per heavy atom. The summed E-state index contributed by atoms with van der Waals surface area (Å²) in [5.74, 6) is -3.10. The quantitative estimate of drug-likeness (QED) is 0.637. The molecule has 1 aliphatic carbocycles. The molecule has 1 aromatic rings. The number of urea groups is 1. The number of hydrogen-bond donors (Lipinski definition) is 2. The molecule has 8 heteroatoms. The molecular formula is C14H10Cl2F2N2O2. The number of rotatable bonds is 2. The minimum Gasteiger partial charge on any atom is -0.351 e. The number of amides is 3. The number of hydrogen-bond acceptors (Lipinski definition) is 2. The third kappa shape index (κ3) is 2.71. The molecule has 0 heterocycles. The molecule has 0 aromatic heterocycles. The number of carbonyl (C=O) groups excluding carboxylic acids is 2. The predicted octanol–water partition coefficient (Wildman–Crippen LogP) is 3.22. The maximum atomic E-state index is 14.4. The molecule has 0 fully saturated rings. The lowest BCUT2D eigenvalue weighted by Crippen LogP contribution is -2.48. The topological polar surface area (TPSA) is 72.2 Å². The summed E-state index contributed by atoms with van der Waals surface area (Å²) in [6, 6.07) is -0.116. The van der Waals surface area contributed by atoms with Crippen LogP contribution in [0.5, 0.6) is 0 Å². The molecule has 0 saturated carbocycles. The molecule has 1 unspecified atom stereocenters. The van der Waals surface area contributed by atoms with Crippen LogP contribution in [0.3, 0.4) is 0 Å². The van der Waals surface area contributed by atoms with E-state index in [0.717, 1.165) is 6.07 Å². The van der Waals surface area contributed by atoms with Gasteiger partial charge in [-0.2, -0.15) is 0 Å². The van der Waals surface area contributed by atoms with Crippen molar-refractivity contribution in [1.29, 1.82) is 0 Å². The van der Waals surface area contributed by atoms with Gasteiger partial charge in [-0.05, 0) is 12.5 Å². The van der Waals surface area contributed by atoms with Crippen molar-refractivity contribution in [1.82, 2.24) is 5.32 Å². The first kappa shape index (κ1) is 16.5. The first-order valence-corrected chi connectivity index (χ1v) is 6.84. The lowest BCUT2D eigenvalue weighted by molar-refractivity contribution is -0.124. The summed E-state index contributed by atoms with van der Waals surface area (Å²) in [5.41, 5.74) is 3.09. The van der Waals surface area contributed by atoms with Crippen molar-refractivity contribution < 1.29 is 18.4 Å². The highest BCUT2D eigenvalue weighted by Crippen LogP contribution is 2.39. The number of halogens is 4. The van der Waals surface area contributed by atoms with Gasteiger partial charge in [-0.3, -0.25) is 10.1 Å². The van der Waals surface area contributed by atoms with Crippen molar-refractivity contribution in [3.05, 3.63) is 57.6 Å². The molecule has 2 rings (SSSR count). The number of primary amides is 1. The minimum absolute atomic E-state index is 0.0256. The number of nitrogens with one attached hydrogen (secondary N) is 1. The summed E-state index contributed by atoms with van der Waals surface area (Å²) in [5, 5.41) is 0.644. The number of nitrogens with two attached hydrogens (primary N) is 1. The Balaban J connectivity index is 2.66. The van der Waals surface area contributed by atoms with Gasteiger partial charge in [-0.15, -0.1) is 0 Å². The predicted molar refractivity (Wildman–Crippen MR) is 78.7 cm³/mol. The molecule has 0 spiro atoms. The summed E-state index contributed by atoms with van der Waals surface area (Å²) >= 11 is 11.3. The first-order valence-electron chi connectivity index (χ1n) is 6.08. The summed E-state index contributed by atoms with van der Waals surface area (Å²) in [6.45, 7) is 0. The average Bonchev–Trinajstić information content (AvgIpc) is 2.48. The van der Waals surface area contributed by atoms with Gasteiger partial charge in [-0.1, -0.05) is 47.5 Å². The second-order valence-electron chi connectivity index (χ2n) is 4.63. The molecule has 0 aliphatic heterocycles. The van der Waals surface area contributed by atoms with E-state index in [1.54, 1.807) is 12.2 Å². The van der Waals surface area contributed by atoms with E-state index in [0.29, 0.717) is 0 Å². The normalized spacial score (nSPS) is 20.0. The second-order valence-corrected chi connectivity index (χ2v) is 5.41. The smallest absolute Gasteiger partial charge is 0.318 e. The number of allylic oxidation sites excluding steroid dienone is 3. The molecule has 1 atom stereocenters. The Kier molecular flexibility index (Phi) is 4.53. The molecule has 22 heavy (non-hydrogen) atoms. The standard InChI is InChI=1S/C14H10Cl2F2N2O2/c15-8-6-7(10(17)9(16)11(8)18)14(4-2-1-3-5-14)12(21)20-13(19)22/h1-4,6H,5H2,(H3,19,20,21,22). The Bertz CT molecular complexity index is 719. The first-order chi connectivity index (χ1) is 10.3. The van der Waals surface area contributed by atoms with Gasteiger partial charge < -0.3 is 5.73 Å². The highest BCUT2D eigenvalue weighted by molar-refractivity contribution is 6.35. The number of carbonyl (C=O) groups is 2. The van der Waals surface area contributed by atoms with E-state index in [4.69, 9.17) is 28.9 Å². The van der Waals surface area contributed by atoms with Crippen LogP contribution < -0.4 is 11.1 Å². The fraction of sp³-hybridized carbons (Fsp3) is 0.143. The van der Waals surface area contributed by atoms with Crippen molar-refractivity contribution in [2.45, 2.75) is 11.8 Å². The van der Waals surface area contributed by atoms with Crippen molar-refractivity contribution in [2.75, 3.05) is 0 Å². The van der Waals surface area contributed by atoms with Crippen LogP contribution in [0, 0.1) is 11.6 Å². The van der Waals surface area contributed by atoms with Gasteiger partial charge in [0.25, 0.3) is 0 Å². The van der Waals surface area contributed by atoms with E-state index in [9.17, 15) is 18.4 Å². The molecule has 3 N–H and O–H groups in total. The van der Waals surface area contributed by atoms with Gasteiger partial charge in [0.2, 0.25) is 5.91 Å².